The average molecular weight is 617 g/mol. The van der Waals surface area contributed by atoms with Gasteiger partial charge >= 0.3 is 0 Å². The highest BCUT2D eigenvalue weighted by Crippen LogP contribution is 2.52. The third-order valence-corrected chi connectivity index (χ3v) is 9.86. The second-order valence-corrected chi connectivity index (χ2v) is 13.5. The first-order chi connectivity index (χ1) is 20.9. The van der Waals surface area contributed by atoms with E-state index in [1.54, 1.807) is 13.8 Å². The Morgan fingerprint density at radius 1 is 1.09 bits per heavy atom. The molecule has 1 unspecified atom stereocenters. The summed E-state index contributed by atoms with van der Waals surface area (Å²) >= 11 is 0. The van der Waals surface area contributed by atoms with Crippen molar-refractivity contribution in [3.8, 4) is 11.5 Å². The van der Waals surface area contributed by atoms with Crippen molar-refractivity contribution >= 4 is 27.1 Å². The summed E-state index contributed by atoms with van der Waals surface area (Å²) < 4.78 is 50.2. The standard InChI is InChI=1S/C32H29FN4O6S/c1-32(2)16-24-30(44(41,42)18-32)29(21-12-11-20(15-22(21)33)43-17-19-7-4-3-5-8-19)37(25-9-6-10-26(38)28(25)34-24)31(40)23-13-14-27(39)36-35-23/h3-15,29,34,38H,16-18H2,1-2H3,(H,36,39). The summed E-state index contributed by atoms with van der Waals surface area (Å²) in [4.78, 5) is 26.9. The number of aromatic amines is 1. The molecule has 44 heavy (non-hydrogen) atoms. The number of allylic oxidation sites excluding steroid dienone is 1. The van der Waals surface area contributed by atoms with Gasteiger partial charge in [-0.3, -0.25) is 14.5 Å². The second-order valence-electron chi connectivity index (χ2n) is 11.6. The number of ether oxygens (including phenoxy) is 1. The Morgan fingerprint density at radius 2 is 1.86 bits per heavy atom. The number of H-pyrrole nitrogens is 1. The van der Waals surface area contributed by atoms with Crippen LogP contribution in [0.5, 0.6) is 11.5 Å². The number of para-hydroxylation sites is 1. The maximum Gasteiger partial charge on any atom is 0.279 e. The molecule has 6 rings (SSSR count). The Kier molecular flexibility index (Phi) is 7.24. The molecular formula is C32H29FN4O6S. The molecule has 0 aliphatic carbocycles. The summed E-state index contributed by atoms with van der Waals surface area (Å²) in [6.45, 7) is 3.78. The smallest absolute Gasteiger partial charge is 0.279 e. The first-order valence-corrected chi connectivity index (χ1v) is 15.5. The van der Waals surface area contributed by atoms with Crippen LogP contribution in [-0.4, -0.2) is 35.4 Å². The monoisotopic (exact) mass is 616 g/mol. The number of hydrogen-bond acceptors (Lipinski definition) is 8. The maximum absolute atomic E-state index is 16.2. The van der Waals surface area contributed by atoms with Crippen molar-refractivity contribution in [1.82, 2.24) is 10.2 Å². The van der Waals surface area contributed by atoms with Crippen LogP contribution in [0.4, 0.5) is 15.8 Å². The van der Waals surface area contributed by atoms with Crippen LogP contribution in [0.15, 0.2) is 94.3 Å². The molecule has 2 aliphatic rings. The first kappa shape index (κ1) is 29.1. The van der Waals surface area contributed by atoms with Crippen LogP contribution in [0, 0.1) is 11.2 Å². The normalized spacial score (nSPS) is 18.4. The number of nitrogens with one attached hydrogen (secondary N) is 2. The predicted octanol–water partition coefficient (Wildman–Crippen LogP) is 5.06. The molecule has 0 saturated heterocycles. The van der Waals surface area contributed by atoms with Gasteiger partial charge in [-0.05, 0) is 47.7 Å². The lowest BCUT2D eigenvalue weighted by Gasteiger charge is -2.37. The van der Waals surface area contributed by atoms with Crippen LogP contribution in [0.3, 0.4) is 0 Å². The third kappa shape index (κ3) is 5.44. The van der Waals surface area contributed by atoms with E-state index in [1.165, 1.54) is 36.4 Å². The van der Waals surface area contributed by atoms with E-state index in [1.807, 2.05) is 30.3 Å². The number of phenols is 1. The van der Waals surface area contributed by atoms with Crippen molar-refractivity contribution in [2.75, 3.05) is 16.0 Å². The van der Waals surface area contributed by atoms with Crippen molar-refractivity contribution < 1.29 is 27.4 Å². The number of aromatic nitrogens is 2. The van der Waals surface area contributed by atoms with Gasteiger partial charge in [-0.15, -0.1) is 0 Å². The van der Waals surface area contributed by atoms with Crippen molar-refractivity contribution in [3.63, 3.8) is 0 Å². The van der Waals surface area contributed by atoms with Crippen LogP contribution in [0.25, 0.3) is 0 Å². The van der Waals surface area contributed by atoms with Crippen molar-refractivity contribution in [1.29, 1.82) is 0 Å². The van der Waals surface area contributed by atoms with Crippen LogP contribution < -0.4 is 20.5 Å². The zero-order chi connectivity index (χ0) is 31.2. The van der Waals surface area contributed by atoms with Crippen LogP contribution in [0.1, 0.15) is 47.9 Å². The second kappa shape index (κ2) is 10.9. The molecule has 0 spiro atoms. The van der Waals surface area contributed by atoms with E-state index in [-0.39, 0.29) is 63.5 Å². The van der Waals surface area contributed by atoms with Gasteiger partial charge in [0.2, 0.25) is 0 Å². The topological polar surface area (TPSA) is 142 Å². The van der Waals surface area contributed by atoms with Gasteiger partial charge in [-0.25, -0.2) is 17.9 Å². The molecule has 1 aromatic heterocycles. The number of hydrogen-bond donors (Lipinski definition) is 3. The highest BCUT2D eigenvalue weighted by atomic mass is 32.2. The zero-order valence-corrected chi connectivity index (χ0v) is 24.7. The molecule has 0 fully saturated rings. The highest BCUT2D eigenvalue weighted by molar-refractivity contribution is 7.95. The van der Waals surface area contributed by atoms with E-state index in [9.17, 15) is 23.1 Å². The number of phenolic OH excluding ortho intramolecular Hbond substituents is 1. The molecule has 226 valence electrons. The largest absolute Gasteiger partial charge is 0.506 e. The summed E-state index contributed by atoms with van der Waals surface area (Å²) in [5.41, 5.74) is -0.286. The van der Waals surface area contributed by atoms with Gasteiger partial charge in [0.25, 0.3) is 11.5 Å². The van der Waals surface area contributed by atoms with Gasteiger partial charge in [0.05, 0.1) is 16.3 Å². The number of rotatable bonds is 5. The van der Waals surface area contributed by atoms with E-state index in [4.69, 9.17) is 4.74 Å². The lowest BCUT2D eigenvalue weighted by Crippen LogP contribution is -2.41. The van der Waals surface area contributed by atoms with E-state index >= 15 is 4.39 Å². The molecular weight excluding hydrogens is 587 g/mol. The Bertz CT molecular complexity index is 1950. The van der Waals surface area contributed by atoms with E-state index in [2.05, 4.69) is 15.5 Å². The van der Waals surface area contributed by atoms with Gasteiger partial charge < -0.3 is 15.2 Å². The number of fused-ring (bicyclic) bond motifs is 1. The minimum atomic E-state index is -4.11. The van der Waals surface area contributed by atoms with E-state index in [0.29, 0.717) is 0 Å². The van der Waals surface area contributed by atoms with E-state index < -0.39 is 38.6 Å². The highest BCUT2D eigenvalue weighted by Gasteiger charge is 2.48. The Balaban J connectivity index is 1.56. The number of amides is 1. The fourth-order valence-electron chi connectivity index (χ4n) is 5.76. The third-order valence-electron chi connectivity index (χ3n) is 7.56. The molecule has 1 amide bonds. The van der Waals surface area contributed by atoms with Crippen molar-refractivity contribution in [2.24, 2.45) is 5.41 Å². The molecule has 3 aromatic carbocycles. The van der Waals surface area contributed by atoms with Crippen LogP contribution in [-0.2, 0) is 16.4 Å². The number of carbonyl (C=O) groups excluding carboxylic acids is 1. The van der Waals surface area contributed by atoms with E-state index in [0.717, 1.165) is 22.6 Å². The molecule has 0 saturated carbocycles. The van der Waals surface area contributed by atoms with Gasteiger partial charge in [-0.1, -0.05) is 50.2 Å². The van der Waals surface area contributed by atoms with Crippen LogP contribution >= 0.6 is 0 Å². The lowest BCUT2D eigenvalue weighted by molar-refractivity contribution is 0.0974. The zero-order valence-electron chi connectivity index (χ0n) is 23.9. The Labute approximate surface area is 252 Å². The molecule has 10 nitrogen and oxygen atoms in total. The van der Waals surface area contributed by atoms with Gasteiger partial charge in [0.1, 0.15) is 41.3 Å². The summed E-state index contributed by atoms with van der Waals surface area (Å²) in [5.74, 6) is -1.91. The average Bonchev–Trinajstić information content (AvgIpc) is 3.11. The quantitative estimate of drug-likeness (QED) is 0.264. The summed E-state index contributed by atoms with van der Waals surface area (Å²) in [7, 11) is -4.11. The minimum absolute atomic E-state index is 0.0800. The number of anilines is 2. The lowest BCUT2D eigenvalue weighted by atomic mass is 9.88. The Hall–Kier alpha value is -4.97. The number of nitrogens with zero attached hydrogens (tertiary/aromatic N) is 2. The fraction of sp³-hybridized carbons (Fsp3) is 0.219. The Morgan fingerprint density at radius 3 is 2.57 bits per heavy atom. The van der Waals surface area contributed by atoms with Crippen LogP contribution in [0.2, 0.25) is 0 Å². The number of halogens is 1. The first-order valence-electron chi connectivity index (χ1n) is 13.8. The number of sulfone groups is 1. The summed E-state index contributed by atoms with van der Waals surface area (Å²) in [6.07, 6.45) is 0.241. The van der Waals surface area contributed by atoms with Gasteiger partial charge in [0, 0.05) is 23.4 Å². The van der Waals surface area contributed by atoms with Gasteiger partial charge in [0.15, 0.2) is 9.84 Å². The predicted molar refractivity (Wildman–Crippen MR) is 163 cm³/mol. The maximum atomic E-state index is 16.2. The van der Waals surface area contributed by atoms with Gasteiger partial charge in [-0.2, -0.15) is 5.10 Å². The molecule has 1 atom stereocenters. The molecule has 2 aliphatic heterocycles. The fourth-order valence-corrected chi connectivity index (χ4v) is 8.11. The SMILES string of the molecule is CC1(C)CC2=C(C(c3ccc(OCc4ccccc4)cc3F)N(C(=O)c3ccc(=O)[nH]n3)c3cccc(O)c3N2)S(=O)(=O)C1. The molecule has 3 N–H and O–H groups in total. The minimum Gasteiger partial charge on any atom is -0.506 e. The number of carbonyl (C=O) groups is 1. The molecule has 0 bridgehead atoms. The summed E-state index contributed by atoms with van der Waals surface area (Å²) in [6, 6.07) is 18.6. The van der Waals surface area contributed by atoms with Crippen molar-refractivity contribution in [2.45, 2.75) is 32.9 Å². The number of aromatic hydroxyl groups is 1. The number of benzene rings is 3. The summed E-state index contributed by atoms with van der Waals surface area (Å²) in [5, 5.41) is 20.1. The molecule has 0 radical (unpaired) electrons. The molecule has 3 heterocycles. The van der Waals surface area contributed by atoms with Crippen molar-refractivity contribution in [3.05, 3.63) is 122 Å². The molecule has 12 heteroatoms. The molecule has 4 aromatic rings.